The Kier molecular flexibility index (Phi) is 7.23. The van der Waals surface area contributed by atoms with E-state index < -0.39 is 0 Å². The molecule has 0 saturated heterocycles. The third-order valence-corrected chi connectivity index (χ3v) is 4.04. The van der Waals surface area contributed by atoms with E-state index in [-0.39, 0.29) is 18.6 Å². The number of carbonyl (C=O) groups is 1. The first kappa shape index (κ1) is 18.7. The van der Waals surface area contributed by atoms with E-state index in [0.717, 1.165) is 22.4 Å². The summed E-state index contributed by atoms with van der Waals surface area (Å²) in [7, 11) is 1.62. The van der Waals surface area contributed by atoms with Gasteiger partial charge in [0, 0.05) is 12.7 Å². The molecule has 4 heteroatoms. The molecular weight excluding hydrogens is 314 g/mol. The zero-order chi connectivity index (χ0) is 18.1. The highest BCUT2D eigenvalue weighted by Crippen LogP contribution is 2.21. The van der Waals surface area contributed by atoms with Crippen molar-refractivity contribution in [1.29, 1.82) is 0 Å². The van der Waals surface area contributed by atoms with E-state index in [1.54, 1.807) is 13.2 Å². The molecule has 132 valence electrons. The summed E-state index contributed by atoms with van der Waals surface area (Å²) in [4.78, 5) is 12.4. The normalized spacial score (nSPS) is 12.5. The van der Waals surface area contributed by atoms with Crippen molar-refractivity contribution in [2.45, 2.75) is 25.8 Å². The Morgan fingerprint density at radius 1 is 1.20 bits per heavy atom. The van der Waals surface area contributed by atoms with Gasteiger partial charge in [0.05, 0.1) is 13.2 Å². The molecule has 25 heavy (non-hydrogen) atoms. The summed E-state index contributed by atoms with van der Waals surface area (Å²) in [6, 6.07) is 17.3. The Hall–Kier alpha value is -2.59. The molecule has 0 aromatic heterocycles. The highest BCUT2D eigenvalue weighted by molar-refractivity contribution is 5.95. The van der Waals surface area contributed by atoms with Gasteiger partial charge in [0.25, 0.3) is 0 Å². The van der Waals surface area contributed by atoms with Crippen molar-refractivity contribution in [3.63, 3.8) is 0 Å². The van der Waals surface area contributed by atoms with Crippen LogP contribution < -0.4 is 10.1 Å². The molecule has 2 N–H and O–H groups in total. The van der Waals surface area contributed by atoms with Gasteiger partial charge in [-0.05, 0) is 48.6 Å². The first-order chi connectivity index (χ1) is 12.1. The molecule has 2 aromatic rings. The van der Waals surface area contributed by atoms with Gasteiger partial charge >= 0.3 is 0 Å². The van der Waals surface area contributed by atoms with Crippen molar-refractivity contribution in [3.05, 3.63) is 71.8 Å². The number of carbonyl (C=O) groups excluding carboxylic acids is 1. The average molecular weight is 339 g/mol. The molecule has 0 aliphatic rings. The second-order valence-corrected chi connectivity index (χ2v) is 5.90. The minimum atomic E-state index is -0.146. The minimum Gasteiger partial charge on any atom is -0.497 e. The fourth-order valence-electron chi connectivity index (χ4n) is 2.66. The molecule has 4 nitrogen and oxygen atoms in total. The van der Waals surface area contributed by atoms with Crippen LogP contribution in [-0.2, 0) is 4.79 Å². The predicted molar refractivity (Wildman–Crippen MR) is 100 cm³/mol. The molecule has 0 heterocycles. The quantitative estimate of drug-likeness (QED) is 0.721. The highest BCUT2D eigenvalue weighted by atomic mass is 16.5. The molecule has 2 rings (SSSR count). The van der Waals surface area contributed by atoms with Gasteiger partial charge in [-0.25, -0.2) is 0 Å². The van der Waals surface area contributed by atoms with Gasteiger partial charge in [0.15, 0.2) is 0 Å². The molecule has 0 aliphatic carbocycles. The number of allylic oxidation sites excluding steroid dienone is 1. The van der Waals surface area contributed by atoms with E-state index in [1.165, 1.54) is 0 Å². The number of rotatable bonds is 8. The van der Waals surface area contributed by atoms with E-state index in [2.05, 4.69) is 5.32 Å². The second kappa shape index (κ2) is 9.64. The first-order valence-corrected chi connectivity index (χ1v) is 8.43. The van der Waals surface area contributed by atoms with Gasteiger partial charge in [-0.1, -0.05) is 42.5 Å². The lowest BCUT2D eigenvalue weighted by Gasteiger charge is -2.18. The molecule has 0 saturated carbocycles. The molecule has 0 spiro atoms. The molecule has 0 fully saturated rings. The molecule has 0 bridgehead atoms. The van der Waals surface area contributed by atoms with E-state index in [4.69, 9.17) is 9.84 Å². The number of nitrogens with one attached hydrogen (secondary N) is 1. The number of methoxy groups -OCH3 is 1. The third kappa shape index (κ3) is 5.76. The van der Waals surface area contributed by atoms with Crippen LogP contribution in [0, 0.1) is 0 Å². The third-order valence-electron chi connectivity index (χ3n) is 4.04. The van der Waals surface area contributed by atoms with Crippen molar-refractivity contribution in [2.75, 3.05) is 13.7 Å². The van der Waals surface area contributed by atoms with Crippen LogP contribution in [0.4, 0.5) is 0 Å². The van der Waals surface area contributed by atoms with E-state index in [0.29, 0.717) is 12.8 Å². The topological polar surface area (TPSA) is 58.6 Å². The largest absolute Gasteiger partial charge is 0.497 e. The van der Waals surface area contributed by atoms with Crippen molar-refractivity contribution < 1.29 is 14.6 Å². The maximum Gasteiger partial charge on any atom is 0.244 e. The predicted octanol–water partition coefficient (Wildman–Crippen LogP) is 3.73. The second-order valence-electron chi connectivity index (χ2n) is 5.90. The van der Waals surface area contributed by atoms with Crippen LogP contribution in [0.2, 0.25) is 0 Å². The van der Waals surface area contributed by atoms with Crippen molar-refractivity contribution in [3.8, 4) is 5.75 Å². The van der Waals surface area contributed by atoms with Gasteiger partial charge in [-0.2, -0.15) is 0 Å². The van der Waals surface area contributed by atoms with Gasteiger partial charge in [-0.3, -0.25) is 4.79 Å². The van der Waals surface area contributed by atoms with Gasteiger partial charge in [0.2, 0.25) is 5.91 Å². The van der Waals surface area contributed by atoms with Gasteiger partial charge in [0.1, 0.15) is 5.75 Å². The van der Waals surface area contributed by atoms with Crippen LogP contribution in [0.1, 0.15) is 36.9 Å². The summed E-state index contributed by atoms with van der Waals surface area (Å²) in [6.07, 6.45) is 2.93. The van der Waals surface area contributed by atoms with Gasteiger partial charge in [-0.15, -0.1) is 0 Å². The van der Waals surface area contributed by atoms with Crippen LogP contribution in [0.15, 0.2) is 60.7 Å². The summed E-state index contributed by atoms with van der Waals surface area (Å²) < 4.78 is 5.23. The highest BCUT2D eigenvalue weighted by Gasteiger charge is 2.13. The SMILES string of the molecule is COc1cccc(/C(C)=C/C(=O)NC(CCCO)c2ccccc2)c1. The molecule has 0 aliphatic heterocycles. The van der Waals surface area contributed by atoms with Crippen molar-refractivity contribution >= 4 is 11.5 Å². The summed E-state index contributed by atoms with van der Waals surface area (Å²) >= 11 is 0. The number of hydrogen-bond donors (Lipinski definition) is 2. The number of aliphatic hydroxyl groups is 1. The van der Waals surface area contributed by atoms with Crippen LogP contribution in [0.5, 0.6) is 5.75 Å². The summed E-state index contributed by atoms with van der Waals surface area (Å²) in [5.41, 5.74) is 2.85. The monoisotopic (exact) mass is 339 g/mol. The lowest BCUT2D eigenvalue weighted by atomic mass is 10.0. The van der Waals surface area contributed by atoms with Crippen molar-refractivity contribution in [2.24, 2.45) is 0 Å². The van der Waals surface area contributed by atoms with Crippen LogP contribution >= 0.6 is 0 Å². The zero-order valence-corrected chi connectivity index (χ0v) is 14.7. The summed E-state index contributed by atoms with van der Waals surface area (Å²) in [5, 5.41) is 12.1. The first-order valence-electron chi connectivity index (χ1n) is 8.43. The lowest BCUT2D eigenvalue weighted by Crippen LogP contribution is -2.27. The van der Waals surface area contributed by atoms with E-state index >= 15 is 0 Å². The van der Waals surface area contributed by atoms with E-state index in [1.807, 2.05) is 61.5 Å². The Morgan fingerprint density at radius 2 is 1.96 bits per heavy atom. The molecule has 2 aromatic carbocycles. The number of aliphatic hydroxyl groups excluding tert-OH is 1. The Labute approximate surface area is 149 Å². The maximum atomic E-state index is 12.4. The van der Waals surface area contributed by atoms with Crippen LogP contribution in [-0.4, -0.2) is 24.7 Å². The Bertz CT molecular complexity index is 710. The average Bonchev–Trinajstić information content (AvgIpc) is 2.65. The minimum absolute atomic E-state index is 0.109. The number of amides is 1. The van der Waals surface area contributed by atoms with Crippen LogP contribution in [0.3, 0.4) is 0 Å². The molecule has 1 atom stereocenters. The Balaban J connectivity index is 2.11. The molecule has 1 unspecified atom stereocenters. The number of hydrogen-bond acceptors (Lipinski definition) is 3. The van der Waals surface area contributed by atoms with Crippen molar-refractivity contribution in [1.82, 2.24) is 5.32 Å². The maximum absolute atomic E-state index is 12.4. The standard InChI is InChI=1S/C21H25NO3/c1-16(18-10-6-11-19(15-18)25-2)14-21(24)22-20(12-7-13-23)17-8-4-3-5-9-17/h3-6,8-11,14-15,20,23H,7,12-13H2,1-2H3,(H,22,24)/b16-14+. The zero-order valence-electron chi connectivity index (χ0n) is 14.7. The molecular formula is C21H25NO3. The lowest BCUT2D eigenvalue weighted by molar-refractivity contribution is -0.117. The van der Waals surface area contributed by atoms with E-state index in [9.17, 15) is 4.79 Å². The fourth-order valence-corrected chi connectivity index (χ4v) is 2.66. The van der Waals surface area contributed by atoms with Crippen LogP contribution in [0.25, 0.3) is 5.57 Å². The fraction of sp³-hybridized carbons (Fsp3) is 0.286. The summed E-state index contributed by atoms with van der Waals surface area (Å²) in [5.74, 6) is 0.614. The van der Waals surface area contributed by atoms with Gasteiger partial charge < -0.3 is 15.2 Å². The molecule has 0 radical (unpaired) electrons. The number of benzene rings is 2. The smallest absolute Gasteiger partial charge is 0.244 e. The summed E-state index contributed by atoms with van der Waals surface area (Å²) in [6.45, 7) is 2.01. The Morgan fingerprint density at radius 3 is 2.64 bits per heavy atom. The molecule has 1 amide bonds. The number of ether oxygens (including phenoxy) is 1.